The molecule has 0 saturated carbocycles. The molecule has 25 heavy (non-hydrogen) atoms. The average molecular weight is 369 g/mol. The monoisotopic (exact) mass is 369 g/mol. The highest BCUT2D eigenvalue weighted by atomic mass is 32.1. The predicted molar refractivity (Wildman–Crippen MR) is 90.3 cm³/mol. The van der Waals surface area contributed by atoms with Crippen LogP contribution in [0.4, 0.5) is 13.2 Å². The van der Waals surface area contributed by atoms with E-state index in [4.69, 9.17) is 0 Å². The van der Waals surface area contributed by atoms with E-state index in [0.717, 1.165) is 38.2 Å². The maximum Gasteiger partial charge on any atom is 0.416 e. The third-order valence-corrected chi connectivity index (χ3v) is 4.95. The molecule has 0 unspecified atom stereocenters. The SMILES string of the molecule is O=C(Cc1csc(-c2cccc(C(F)(F)F)c2)n1)N1CCCNCC1. The lowest BCUT2D eigenvalue weighted by molar-refractivity contribution is -0.137. The van der Waals surface area contributed by atoms with Gasteiger partial charge in [-0.15, -0.1) is 11.3 Å². The van der Waals surface area contributed by atoms with Gasteiger partial charge in [0.25, 0.3) is 0 Å². The fourth-order valence-electron chi connectivity index (χ4n) is 2.71. The second-order valence-corrected chi connectivity index (χ2v) is 6.74. The number of hydrogen-bond donors (Lipinski definition) is 1. The first-order chi connectivity index (χ1) is 11.9. The van der Waals surface area contributed by atoms with Crippen molar-refractivity contribution in [3.8, 4) is 10.6 Å². The molecule has 2 aromatic rings. The minimum absolute atomic E-state index is 0.00425. The van der Waals surface area contributed by atoms with Gasteiger partial charge in [0, 0.05) is 30.6 Å². The van der Waals surface area contributed by atoms with Crippen LogP contribution in [0.1, 0.15) is 17.7 Å². The number of thiazole rings is 1. The molecule has 0 bridgehead atoms. The molecule has 0 aliphatic carbocycles. The summed E-state index contributed by atoms with van der Waals surface area (Å²) in [4.78, 5) is 18.5. The van der Waals surface area contributed by atoms with Crippen LogP contribution in [0, 0.1) is 0 Å². The molecular formula is C17H18F3N3OS. The number of nitrogens with one attached hydrogen (secondary N) is 1. The Morgan fingerprint density at radius 3 is 2.92 bits per heavy atom. The van der Waals surface area contributed by atoms with Gasteiger partial charge in [0.15, 0.2) is 0 Å². The molecule has 4 nitrogen and oxygen atoms in total. The fourth-order valence-corrected chi connectivity index (χ4v) is 3.53. The minimum Gasteiger partial charge on any atom is -0.341 e. The standard InChI is InChI=1S/C17H18F3N3OS/c18-17(19,20)13-4-1-3-12(9-13)16-22-14(11-25-16)10-15(24)23-7-2-5-21-6-8-23/h1,3-4,9,11,21H,2,5-8,10H2. The summed E-state index contributed by atoms with van der Waals surface area (Å²) in [6.45, 7) is 3.07. The van der Waals surface area contributed by atoms with Crippen LogP contribution in [0.5, 0.6) is 0 Å². The van der Waals surface area contributed by atoms with Gasteiger partial charge >= 0.3 is 6.18 Å². The number of benzene rings is 1. The van der Waals surface area contributed by atoms with Gasteiger partial charge in [-0.2, -0.15) is 13.2 Å². The smallest absolute Gasteiger partial charge is 0.341 e. The molecule has 0 spiro atoms. The van der Waals surface area contributed by atoms with E-state index >= 15 is 0 Å². The summed E-state index contributed by atoms with van der Waals surface area (Å²) in [7, 11) is 0. The van der Waals surface area contributed by atoms with Crippen molar-refractivity contribution in [2.24, 2.45) is 0 Å². The van der Waals surface area contributed by atoms with E-state index in [1.54, 1.807) is 11.4 Å². The van der Waals surface area contributed by atoms with Gasteiger partial charge in [0.1, 0.15) is 5.01 Å². The van der Waals surface area contributed by atoms with Crippen LogP contribution < -0.4 is 5.32 Å². The van der Waals surface area contributed by atoms with Crippen LogP contribution in [0.2, 0.25) is 0 Å². The molecule has 1 aromatic carbocycles. The van der Waals surface area contributed by atoms with E-state index in [1.165, 1.54) is 17.4 Å². The summed E-state index contributed by atoms with van der Waals surface area (Å²) in [5, 5.41) is 5.47. The Kier molecular flexibility index (Phi) is 5.39. The maximum absolute atomic E-state index is 12.8. The van der Waals surface area contributed by atoms with E-state index in [-0.39, 0.29) is 12.3 Å². The minimum atomic E-state index is -4.38. The van der Waals surface area contributed by atoms with Gasteiger partial charge in [0.05, 0.1) is 17.7 Å². The Bertz CT molecular complexity index is 737. The van der Waals surface area contributed by atoms with Crippen molar-refractivity contribution in [1.29, 1.82) is 0 Å². The lowest BCUT2D eigenvalue weighted by atomic mass is 10.1. The van der Waals surface area contributed by atoms with Crippen LogP contribution >= 0.6 is 11.3 Å². The number of carbonyl (C=O) groups excluding carboxylic acids is 1. The molecular weight excluding hydrogens is 351 g/mol. The molecule has 0 radical (unpaired) electrons. The number of aromatic nitrogens is 1. The normalized spacial score (nSPS) is 15.9. The third kappa shape index (κ3) is 4.58. The second kappa shape index (κ2) is 7.53. The molecule has 0 atom stereocenters. The summed E-state index contributed by atoms with van der Waals surface area (Å²) in [6, 6.07) is 5.09. The largest absolute Gasteiger partial charge is 0.416 e. The van der Waals surface area contributed by atoms with Gasteiger partial charge in [-0.1, -0.05) is 12.1 Å². The number of hydrogen-bond acceptors (Lipinski definition) is 4. The predicted octanol–water partition coefficient (Wildman–Crippen LogP) is 3.19. The number of alkyl halides is 3. The van der Waals surface area contributed by atoms with Gasteiger partial charge in [-0.05, 0) is 25.1 Å². The van der Waals surface area contributed by atoms with Crippen molar-refractivity contribution in [3.63, 3.8) is 0 Å². The van der Waals surface area contributed by atoms with Crippen LogP contribution in [-0.4, -0.2) is 42.0 Å². The summed E-state index contributed by atoms with van der Waals surface area (Å²) < 4.78 is 38.5. The van der Waals surface area contributed by atoms with Crippen LogP contribution in [0.25, 0.3) is 10.6 Å². The molecule has 2 heterocycles. The van der Waals surface area contributed by atoms with E-state index in [2.05, 4.69) is 10.3 Å². The Hall–Kier alpha value is -1.93. The molecule has 1 aromatic heterocycles. The van der Waals surface area contributed by atoms with E-state index in [1.807, 2.05) is 4.90 Å². The molecule has 1 amide bonds. The zero-order chi connectivity index (χ0) is 17.9. The Morgan fingerprint density at radius 2 is 2.12 bits per heavy atom. The second-order valence-electron chi connectivity index (χ2n) is 5.88. The quantitative estimate of drug-likeness (QED) is 0.904. The van der Waals surface area contributed by atoms with Gasteiger partial charge in [-0.3, -0.25) is 4.79 Å². The topological polar surface area (TPSA) is 45.2 Å². The van der Waals surface area contributed by atoms with Crippen molar-refractivity contribution < 1.29 is 18.0 Å². The summed E-state index contributed by atoms with van der Waals surface area (Å²) in [5.41, 5.74) is 0.312. The molecule has 1 aliphatic rings. The molecule has 1 N–H and O–H groups in total. The summed E-state index contributed by atoms with van der Waals surface area (Å²) >= 11 is 1.25. The van der Waals surface area contributed by atoms with Crippen molar-refractivity contribution in [2.45, 2.75) is 19.0 Å². The molecule has 1 saturated heterocycles. The number of amides is 1. The highest BCUT2D eigenvalue weighted by Gasteiger charge is 2.30. The zero-order valence-corrected chi connectivity index (χ0v) is 14.3. The highest BCUT2D eigenvalue weighted by molar-refractivity contribution is 7.13. The van der Waals surface area contributed by atoms with Crippen LogP contribution in [0.3, 0.4) is 0 Å². The number of nitrogens with zero attached hydrogens (tertiary/aromatic N) is 2. The number of halogens is 3. The van der Waals surface area contributed by atoms with Crippen LogP contribution in [-0.2, 0) is 17.4 Å². The third-order valence-electron chi connectivity index (χ3n) is 4.01. The van der Waals surface area contributed by atoms with Gasteiger partial charge in [-0.25, -0.2) is 4.98 Å². The Morgan fingerprint density at radius 1 is 1.28 bits per heavy atom. The van der Waals surface area contributed by atoms with Crippen LogP contribution in [0.15, 0.2) is 29.6 Å². The first-order valence-electron chi connectivity index (χ1n) is 8.04. The Balaban J connectivity index is 1.71. The molecule has 3 rings (SSSR count). The van der Waals surface area contributed by atoms with E-state index in [9.17, 15) is 18.0 Å². The fraction of sp³-hybridized carbons (Fsp3) is 0.412. The number of rotatable bonds is 3. The van der Waals surface area contributed by atoms with E-state index < -0.39 is 11.7 Å². The lowest BCUT2D eigenvalue weighted by Crippen LogP contribution is -2.35. The molecule has 1 fully saturated rings. The average Bonchev–Trinajstić information content (AvgIpc) is 2.87. The highest BCUT2D eigenvalue weighted by Crippen LogP contribution is 2.33. The van der Waals surface area contributed by atoms with Crippen molar-refractivity contribution in [1.82, 2.24) is 15.2 Å². The maximum atomic E-state index is 12.8. The van der Waals surface area contributed by atoms with E-state index in [0.29, 0.717) is 22.8 Å². The van der Waals surface area contributed by atoms with Gasteiger partial charge in [0.2, 0.25) is 5.91 Å². The lowest BCUT2D eigenvalue weighted by Gasteiger charge is -2.19. The molecule has 1 aliphatic heterocycles. The first-order valence-corrected chi connectivity index (χ1v) is 8.92. The molecule has 134 valence electrons. The van der Waals surface area contributed by atoms with Crippen molar-refractivity contribution in [3.05, 3.63) is 40.9 Å². The first kappa shape index (κ1) is 17.9. The Labute approximate surface area is 147 Å². The zero-order valence-electron chi connectivity index (χ0n) is 13.5. The van der Waals surface area contributed by atoms with Crippen molar-refractivity contribution in [2.75, 3.05) is 26.2 Å². The summed E-state index contributed by atoms with van der Waals surface area (Å²) in [5.74, 6) is 0.00425. The number of carbonyl (C=O) groups is 1. The van der Waals surface area contributed by atoms with Gasteiger partial charge < -0.3 is 10.2 Å². The molecule has 8 heteroatoms. The summed E-state index contributed by atoms with van der Waals surface area (Å²) in [6.07, 6.45) is -3.29. The van der Waals surface area contributed by atoms with Crippen molar-refractivity contribution >= 4 is 17.2 Å².